The number of amides is 1. The van der Waals surface area contributed by atoms with Gasteiger partial charge in [0.05, 0.1) is 6.10 Å². The third kappa shape index (κ3) is 4.08. The van der Waals surface area contributed by atoms with E-state index in [2.05, 4.69) is 42.3 Å². The van der Waals surface area contributed by atoms with E-state index in [1.807, 2.05) is 4.90 Å². The lowest BCUT2D eigenvalue weighted by molar-refractivity contribution is -0.139. The molecule has 0 aromatic heterocycles. The van der Waals surface area contributed by atoms with E-state index < -0.39 is 0 Å². The number of hydrogen-bond donors (Lipinski definition) is 1. The SMILES string of the molecule is Cc1cccc(N2CCN(C(=O)COC3CCNCC3)CC2)c1C. The Labute approximate surface area is 145 Å². The number of rotatable bonds is 4. The van der Waals surface area contributed by atoms with Crippen LogP contribution in [0.3, 0.4) is 0 Å². The minimum atomic E-state index is 0.133. The molecule has 5 heteroatoms. The van der Waals surface area contributed by atoms with Crippen molar-refractivity contribution in [2.75, 3.05) is 50.8 Å². The molecule has 1 N–H and O–H groups in total. The normalized spacial score (nSPS) is 19.6. The molecule has 2 aliphatic rings. The second kappa shape index (κ2) is 7.99. The Morgan fingerprint density at radius 1 is 1.17 bits per heavy atom. The molecule has 0 aliphatic carbocycles. The van der Waals surface area contributed by atoms with Crippen LogP contribution in [0.1, 0.15) is 24.0 Å². The lowest BCUT2D eigenvalue weighted by Gasteiger charge is -2.37. The van der Waals surface area contributed by atoms with Crippen LogP contribution in [-0.2, 0) is 9.53 Å². The molecule has 0 radical (unpaired) electrons. The Hall–Kier alpha value is -1.59. The summed E-state index contributed by atoms with van der Waals surface area (Å²) in [6.45, 7) is 9.89. The van der Waals surface area contributed by atoms with Gasteiger partial charge in [-0.25, -0.2) is 0 Å². The molecule has 132 valence electrons. The number of ether oxygens (including phenoxy) is 1. The summed E-state index contributed by atoms with van der Waals surface area (Å²) in [4.78, 5) is 16.7. The smallest absolute Gasteiger partial charge is 0.248 e. The highest BCUT2D eigenvalue weighted by Gasteiger charge is 2.23. The minimum Gasteiger partial charge on any atom is -0.368 e. The largest absolute Gasteiger partial charge is 0.368 e. The molecular weight excluding hydrogens is 302 g/mol. The van der Waals surface area contributed by atoms with Gasteiger partial charge in [0.25, 0.3) is 0 Å². The molecular formula is C19H29N3O2. The first-order valence-corrected chi connectivity index (χ1v) is 9.06. The number of piperazine rings is 1. The van der Waals surface area contributed by atoms with Crippen LogP contribution in [0.15, 0.2) is 18.2 Å². The van der Waals surface area contributed by atoms with Crippen molar-refractivity contribution in [3.63, 3.8) is 0 Å². The van der Waals surface area contributed by atoms with Gasteiger partial charge in [0.2, 0.25) is 5.91 Å². The Morgan fingerprint density at radius 2 is 1.88 bits per heavy atom. The minimum absolute atomic E-state index is 0.133. The fraction of sp³-hybridized carbons (Fsp3) is 0.632. The fourth-order valence-electron chi connectivity index (χ4n) is 3.52. The maximum atomic E-state index is 12.4. The number of nitrogens with one attached hydrogen (secondary N) is 1. The number of carbonyl (C=O) groups excluding carboxylic acids is 1. The van der Waals surface area contributed by atoms with E-state index in [9.17, 15) is 4.79 Å². The molecule has 1 amide bonds. The van der Waals surface area contributed by atoms with Crippen molar-refractivity contribution in [3.05, 3.63) is 29.3 Å². The lowest BCUT2D eigenvalue weighted by Crippen LogP contribution is -2.50. The van der Waals surface area contributed by atoms with E-state index in [0.717, 1.165) is 52.1 Å². The van der Waals surface area contributed by atoms with Crippen LogP contribution < -0.4 is 10.2 Å². The number of benzene rings is 1. The third-order valence-electron chi connectivity index (χ3n) is 5.28. The van der Waals surface area contributed by atoms with Gasteiger partial charge in [-0.15, -0.1) is 0 Å². The highest BCUT2D eigenvalue weighted by molar-refractivity contribution is 5.77. The molecule has 0 unspecified atom stereocenters. The molecule has 2 saturated heterocycles. The summed E-state index contributed by atoms with van der Waals surface area (Å²) >= 11 is 0. The Balaban J connectivity index is 1.47. The molecule has 3 rings (SSSR count). The van der Waals surface area contributed by atoms with Gasteiger partial charge >= 0.3 is 0 Å². The molecule has 5 nitrogen and oxygen atoms in total. The highest BCUT2D eigenvalue weighted by atomic mass is 16.5. The van der Waals surface area contributed by atoms with Crippen LogP contribution in [0.2, 0.25) is 0 Å². The Morgan fingerprint density at radius 3 is 2.58 bits per heavy atom. The maximum Gasteiger partial charge on any atom is 0.248 e. The van der Waals surface area contributed by atoms with Crippen molar-refractivity contribution < 1.29 is 9.53 Å². The van der Waals surface area contributed by atoms with E-state index >= 15 is 0 Å². The van der Waals surface area contributed by atoms with E-state index in [4.69, 9.17) is 4.74 Å². The van der Waals surface area contributed by atoms with Crippen molar-refractivity contribution in [1.29, 1.82) is 0 Å². The molecule has 0 spiro atoms. The Kier molecular flexibility index (Phi) is 5.74. The van der Waals surface area contributed by atoms with Crippen molar-refractivity contribution in [3.8, 4) is 0 Å². The summed E-state index contributed by atoms with van der Waals surface area (Å²) in [5, 5.41) is 3.31. The van der Waals surface area contributed by atoms with Gasteiger partial charge in [0.15, 0.2) is 0 Å². The maximum absolute atomic E-state index is 12.4. The first-order chi connectivity index (χ1) is 11.6. The molecule has 0 atom stereocenters. The summed E-state index contributed by atoms with van der Waals surface area (Å²) in [6.07, 6.45) is 2.26. The van der Waals surface area contributed by atoms with E-state index in [0.29, 0.717) is 0 Å². The topological polar surface area (TPSA) is 44.8 Å². The highest BCUT2D eigenvalue weighted by Crippen LogP contribution is 2.23. The zero-order chi connectivity index (χ0) is 16.9. The number of aryl methyl sites for hydroxylation is 1. The molecule has 0 saturated carbocycles. The van der Waals surface area contributed by atoms with Gasteiger partial charge in [-0.1, -0.05) is 12.1 Å². The van der Waals surface area contributed by atoms with E-state index in [1.54, 1.807) is 0 Å². The number of nitrogens with zero attached hydrogens (tertiary/aromatic N) is 2. The molecule has 24 heavy (non-hydrogen) atoms. The standard InChI is InChI=1S/C19H29N3O2/c1-15-4-3-5-18(16(15)2)21-10-12-22(13-11-21)19(23)14-24-17-6-8-20-9-7-17/h3-5,17,20H,6-14H2,1-2H3. The first-order valence-electron chi connectivity index (χ1n) is 9.06. The summed E-state index contributed by atoms with van der Waals surface area (Å²) in [6, 6.07) is 6.44. The summed E-state index contributed by atoms with van der Waals surface area (Å²) in [5.74, 6) is 0.133. The van der Waals surface area contributed by atoms with Gasteiger partial charge in [-0.3, -0.25) is 4.79 Å². The predicted octanol–water partition coefficient (Wildman–Crippen LogP) is 1.72. The predicted molar refractivity (Wildman–Crippen MR) is 96.6 cm³/mol. The quantitative estimate of drug-likeness (QED) is 0.912. The second-order valence-electron chi connectivity index (χ2n) is 6.85. The van der Waals surface area contributed by atoms with Gasteiger partial charge in [-0.2, -0.15) is 0 Å². The second-order valence-corrected chi connectivity index (χ2v) is 6.85. The molecule has 0 bridgehead atoms. The molecule has 1 aromatic carbocycles. The van der Waals surface area contributed by atoms with E-state index in [1.165, 1.54) is 16.8 Å². The van der Waals surface area contributed by atoms with Crippen molar-refractivity contribution in [2.45, 2.75) is 32.8 Å². The van der Waals surface area contributed by atoms with Crippen LogP contribution in [0, 0.1) is 13.8 Å². The average molecular weight is 331 g/mol. The van der Waals surface area contributed by atoms with Crippen molar-refractivity contribution in [2.24, 2.45) is 0 Å². The number of anilines is 1. The van der Waals surface area contributed by atoms with Crippen LogP contribution >= 0.6 is 0 Å². The zero-order valence-corrected chi connectivity index (χ0v) is 14.9. The van der Waals surface area contributed by atoms with E-state index in [-0.39, 0.29) is 18.6 Å². The lowest BCUT2D eigenvalue weighted by atomic mass is 10.1. The summed E-state index contributed by atoms with van der Waals surface area (Å²) in [7, 11) is 0. The van der Waals surface area contributed by atoms with Crippen LogP contribution in [-0.4, -0.2) is 62.8 Å². The molecule has 1 aromatic rings. The third-order valence-corrected chi connectivity index (χ3v) is 5.28. The van der Waals surface area contributed by atoms with Gasteiger partial charge in [0, 0.05) is 31.9 Å². The van der Waals surface area contributed by atoms with Crippen LogP contribution in [0.5, 0.6) is 0 Å². The van der Waals surface area contributed by atoms with Gasteiger partial charge in [0.1, 0.15) is 6.61 Å². The van der Waals surface area contributed by atoms with Crippen LogP contribution in [0.25, 0.3) is 0 Å². The average Bonchev–Trinajstić information content (AvgIpc) is 2.63. The molecule has 2 aliphatic heterocycles. The number of carbonyl (C=O) groups is 1. The van der Waals surface area contributed by atoms with Crippen molar-refractivity contribution in [1.82, 2.24) is 10.2 Å². The Bertz CT molecular complexity index is 562. The first kappa shape index (κ1) is 17.2. The van der Waals surface area contributed by atoms with Crippen LogP contribution in [0.4, 0.5) is 5.69 Å². The monoisotopic (exact) mass is 331 g/mol. The van der Waals surface area contributed by atoms with Gasteiger partial charge in [-0.05, 0) is 57.0 Å². The summed E-state index contributed by atoms with van der Waals surface area (Å²) < 4.78 is 5.80. The zero-order valence-electron chi connectivity index (χ0n) is 14.9. The number of hydrogen-bond acceptors (Lipinski definition) is 4. The molecule has 2 heterocycles. The van der Waals surface area contributed by atoms with Crippen molar-refractivity contribution >= 4 is 11.6 Å². The fourth-order valence-corrected chi connectivity index (χ4v) is 3.52. The summed E-state index contributed by atoms with van der Waals surface area (Å²) in [5.41, 5.74) is 3.96. The van der Waals surface area contributed by atoms with Gasteiger partial charge < -0.3 is 19.9 Å². The number of piperidine rings is 1. The molecule has 2 fully saturated rings.